The van der Waals surface area contributed by atoms with Gasteiger partial charge in [-0.15, -0.1) is 0 Å². The van der Waals surface area contributed by atoms with E-state index in [1.165, 1.54) is 45.3 Å². The summed E-state index contributed by atoms with van der Waals surface area (Å²) in [6.45, 7) is 2.17. The maximum absolute atomic E-state index is 13.5. The number of nitrogen functional groups attached to an aromatic ring is 1. The molecule has 0 aliphatic heterocycles. The summed E-state index contributed by atoms with van der Waals surface area (Å²) in [4.78, 5) is 0. The summed E-state index contributed by atoms with van der Waals surface area (Å²) in [6, 6.07) is 3.30. The summed E-state index contributed by atoms with van der Waals surface area (Å²) in [6.07, 6.45) is 6.46. The number of rotatable bonds is 4. The van der Waals surface area contributed by atoms with Crippen molar-refractivity contribution in [1.82, 2.24) is 0 Å². The van der Waals surface area contributed by atoms with Crippen molar-refractivity contribution in [3.8, 4) is 5.75 Å². The highest BCUT2D eigenvalue weighted by Crippen LogP contribution is 2.32. The molecule has 4 heteroatoms. The fourth-order valence-corrected chi connectivity index (χ4v) is 2.85. The van der Waals surface area contributed by atoms with Crippen molar-refractivity contribution >= 4 is 11.4 Å². The molecule has 0 bridgehead atoms. The lowest BCUT2D eigenvalue weighted by molar-refractivity contribution is 0.328. The van der Waals surface area contributed by atoms with Gasteiger partial charge in [0.15, 0.2) is 11.6 Å². The van der Waals surface area contributed by atoms with Gasteiger partial charge in [0.05, 0.1) is 18.5 Å². The Morgan fingerprint density at radius 1 is 1.32 bits per heavy atom. The lowest BCUT2D eigenvalue weighted by Crippen LogP contribution is -2.28. The van der Waals surface area contributed by atoms with Gasteiger partial charge >= 0.3 is 0 Å². The van der Waals surface area contributed by atoms with E-state index in [2.05, 4.69) is 12.2 Å². The number of nitrogens with one attached hydrogen (secondary N) is 1. The van der Waals surface area contributed by atoms with Gasteiger partial charge in [-0.3, -0.25) is 0 Å². The van der Waals surface area contributed by atoms with Crippen LogP contribution in [0.3, 0.4) is 0 Å². The Morgan fingerprint density at radius 3 is 2.63 bits per heavy atom. The molecule has 1 aromatic rings. The summed E-state index contributed by atoms with van der Waals surface area (Å²) < 4.78 is 18.5. The second-order valence-electron chi connectivity index (χ2n) is 5.41. The Bertz CT molecular complexity index is 430. The molecule has 0 amide bonds. The van der Waals surface area contributed by atoms with E-state index in [0.717, 1.165) is 5.69 Å². The van der Waals surface area contributed by atoms with E-state index in [9.17, 15) is 4.39 Å². The minimum atomic E-state index is -0.420. The molecule has 1 saturated carbocycles. The van der Waals surface area contributed by atoms with Crippen molar-refractivity contribution in [1.29, 1.82) is 0 Å². The quantitative estimate of drug-likeness (QED) is 0.815. The smallest absolute Gasteiger partial charge is 0.167 e. The molecule has 0 aromatic heterocycles. The Morgan fingerprint density at radius 2 is 2.00 bits per heavy atom. The first-order valence-electron chi connectivity index (χ1n) is 7.01. The first-order chi connectivity index (χ1) is 9.11. The molecule has 3 N–H and O–H groups in total. The third-order valence-corrected chi connectivity index (χ3v) is 4.06. The molecular formula is C15H23FN2O. The maximum Gasteiger partial charge on any atom is 0.167 e. The summed E-state index contributed by atoms with van der Waals surface area (Å²) >= 11 is 0. The van der Waals surface area contributed by atoms with Crippen molar-refractivity contribution in [2.24, 2.45) is 5.92 Å². The number of hydrogen-bond acceptors (Lipinski definition) is 3. The van der Waals surface area contributed by atoms with Crippen LogP contribution in [0, 0.1) is 11.7 Å². The second-order valence-corrected chi connectivity index (χ2v) is 5.41. The molecule has 1 unspecified atom stereocenters. The van der Waals surface area contributed by atoms with E-state index in [1.807, 2.05) is 0 Å². The van der Waals surface area contributed by atoms with E-state index in [-0.39, 0.29) is 5.75 Å². The monoisotopic (exact) mass is 266 g/mol. The molecule has 0 radical (unpaired) electrons. The molecule has 0 spiro atoms. The topological polar surface area (TPSA) is 47.3 Å². The minimum absolute atomic E-state index is 0.229. The van der Waals surface area contributed by atoms with Gasteiger partial charge in [-0.25, -0.2) is 4.39 Å². The van der Waals surface area contributed by atoms with Crippen LogP contribution in [-0.4, -0.2) is 13.2 Å². The number of hydrogen-bond donors (Lipinski definition) is 2. The van der Waals surface area contributed by atoms with Crippen molar-refractivity contribution in [3.05, 3.63) is 17.9 Å². The highest BCUT2D eigenvalue weighted by Gasteiger charge is 2.21. The average Bonchev–Trinajstić information content (AvgIpc) is 2.42. The predicted octanol–water partition coefficient (Wildman–Crippen LogP) is 3.80. The first-order valence-corrected chi connectivity index (χ1v) is 7.01. The van der Waals surface area contributed by atoms with Gasteiger partial charge < -0.3 is 15.8 Å². The molecule has 0 heterocycles. The highest BCUT2D eigenvalue weighted by atomic mass is 19.1. The molecule has 1 atom stereocenters. The largest absolute Gasteiger partial charge is 0.494 e. The fourth-order valence-electron chi connectivity index (χ4n) is 2.85. The Hall–Kier alpha value is -1.45. The van der Waals surface area contributed by atoms with Gasteiger partial charge in [-0.1, -0.05) is 19.3 Å². The molecule has 1 aliphatic carbocycles. The van der Waals surface area contributed by atoms with Crippen molar-refractivity contribution in [2.75, 3.05) is 18.2 Å². The van der Waals surface area contributed by atoms with Crippen LogP contribution < -0.4 is 15.8 Å². The van der Waals surface area contributed by atoms with E-state index >= 15 is 0 Å². The van der Waals surface area contributed by atoms with E-state index in [1.54, 1.807) is 6.07 Å². The second kappa shape index (κ2) is 6.13. The molecule has 3 nitrogen and oxygen atoms in total. The zero-order valence-electron chi connectivity index (χ0n) is 11.7. The zero-order chi connectivity index (χ0) is 13.8. The number of ether oxygens (including phenoxy) is 1. The van der Waals surface area contributed by atoms with Crippen LogP contribution in [-0.2, 0) is 0 Å². The Balaban J connectivity index is 2.09. The van der Waals surface area contributed by atoms with Crippen molar-refractivity contribution in [2.45, 2.75) is 45.1 Å². The third-order valence-electron chi connectivity index (χ3n) is 4.06. The lowest BCUT2D eigenvalue weighted by atomic mass is 9.84. The summed E-state index contributed by atoms with van der Waals surface area (Å²) in [5.74, 6) is 0.479. The fraction of sp³-hybridized carbons (Fsp3) is 0.600. The summed E-state index contributed by atoms with van der Waals surface area (Å²) in [7, 11) is 1.46. The van der Waals surface area contributed by atoms with Crippen LogP contribution in [0.5, 0.6) is 5.75 Å². The molecular weight excluding hydrogens is 243 g/mol. The van der Waals surface area contributed by atoms with Gasteiger partial charge in [-0.2, -0.15) is 0 Å². The molecule has 1 aromatic carbocycles. The van der Waals surface area contributed by atoms with Crippen LogP contribution >= 0.6 is 0 Å². The molecule has 19 heavy (non-hydrogen) atoms. The number of methoxy groups -OCH3 is 1. The number of benzene rings is 1. The number of halogens is 1. The van der Waals surface area contributed by atoms with Crippen LogP contribution in [0.2, 0.25) is 0 Å². The summed E-state index contributed by atoms with van der Waals surface area (Å²) in [5, 5.41) is 3.41. The van der Waals surface area contributed by atoms with E-state index in [4.69, 9.17) is 10.5 Å². The molecule has 1 fully saturated rings. The van der Waals surface area contributed by atoms with E-state index in [0.29, 0.717) is 17.6 Å². The minimum Gasteiger partial charge on any atom is -0.494 e. The van der Waals surface area contributed by atoms with Gasteiger partial charge in [0.25, 0.3) is 0 Å². The number of anilines is 2. The molecule has 106 valence electrons. The van der Waals surface area contributed by atoms with Crippen LogP contribution in [0.25, 0.3) is 0 Å². The van der Waals surface area contributed by atoms with Gasteiger partial charge in [0.1, 0.15) is 0 Å². The van der Waals surface area contributed by atoms with Gasteiger partial charge in [0, 0.05) is 18.2 Å². The Kier molecular flexibility index (Phi) is 4.51. The number of nitrogens with two attached hydrogens (primary N) is 1. The van der Waals surface area contributed by atoms with Crippen LogP contribution in [0.4, 0.5) is 15.8 Å². The van der Waals surface area contributed by atoms with Gasteiger partial charge in [-0.05, 0) is 25.7 Å². The SMILES string of the molecule is COc1cc(NC(C)C2CCCCC2)c(N)cc1F. The zero-order valence-corrected chi connectivity index (χ0v) is 11.7. The van der Waals surface area contributed by atoms with Crippen molar-refractivity contribution in [3.63, 3.8) is 0 Å². The Labute approximate surface area is 114 Å². The standard InChI is InChI=1S/C15H23FN2O/c1-10(11-6-4-3-5-7-11)18-14-9-15(19-2)12(16)8-13(14)17/h8-11,18H,3-7,17H2,1-2H3. The van der Waals surface area contributed by atoms with Crippen LogP contribution in [0.1, 0.15) is 39.0 Å². The lowest BCUT2D eigenvalue weighted by Gasteiger charge is -2.29. The summed E-state index contributed by atoms with van der Waals surface area (Å²) in [5.41, 5.74) is 7.06. The normalized spacial score (nSPS) is 18.1. The third kappa shape index (κ3) is 3.31. The van der Waals surface area contributed by atoms with Crippen molar-refractivity contribution < 1.29 is 9.13 Å². The highest BCUT2D eigenvalue weighted by molar-refractivity contribution is 5.69. The first kappa shape index (κ1) is 14.0. The maximum atomic E-state index is 13.5. The van der Waals surface area contributed by atoms with Gasteiger partial charge in [0.2, 0.25) is 0 Å². The molecule has 2 rings (SSSR count). The predicted molar refractivity (Wildman–Crippen MR) is 77.0 cm³/mol. The molecule has 0 saturated heterocycles. The van der Waals surface area contributed by atoms with Crippen LogP contribution in [0.15, 0.2) is 12.1 Å². The molecule has 1 aliphatic rings. The van der Waals surface area contributed by atoms with E-state index < -0.39 is 5.82 Å². The average molecular weight is 266 g/mol.